The Morgan fingerprint density at radius 2 is 2.04 bits per heavy atom. The second kappa shape index (κ2) is 9.68. The molecule has 3 rings (SSSR count). The molecule has 134 valence electrons. The highest BCUT2D eigenvalue weighted by atomic mass is 32.1. The lowest BCUT2D eigenvalue weighted by Crippen LogP contribution is -2.36. The van der Waals surface area contributed by atoms with Crippen LogP contribution in [-0.2, 0) is 11.3 Å². The van der Waals surface area contributed by atoms with Crippen LogP contribution in [0.25, 0.3) is 6.08 Å². The van der Waals surface area contributed by atoms with Crippen molar-refractivity contribution in [3.8, 4) is 0 Å². The maximum Gasteiger partial charge on any atom is 0.185 e. The van der Waals surface area contributed by atoms with E-state index >= 15 is 0 Å². The molecule has 2 heterocycles. The molecule has 5 nitrogen and oxygen atoms in total. The summed E-state index contributed by atoms with van der Waals surface area (Å²) in [6, 6.07) is 10.3. The smallest absolute Gasteiger partial charge is 0.185 e. The molecule has 1 N–H and O–H groups in total. The molecule has 25 heavy (non-hydrogen) atoms. The normalized spacial score (nSPS) is 15.4. The van der Waals surface area contributed by atoms with Gasteiger partial charge in [-0.2, -0.15) is 0 Å². The summed E-state index contributed by atoms with van der Waals surface area (Å²) in [5, 5.41) is 10.4. The maximum atomic E-state index is 9.34. The molecule has 0 radical (unpaired) electrons. The molecule has 1 saturated heterocycles. The van der Waals surface area contributed by atoms with Gasteiger partial charge in [-0.3, -0.25) is 4.90 Å². The van der Waals surface area contributed by atoms with E-state index in [0.29, 0.717) is 6.54 Å². The lowest BCUT2D eigenvalue weighted by Gasteiger charge is -2.26. The molecule has 1 fully saturated rings. The van der Waals surface area contributed by atoms with Crippen LogP contribution in [0, 0.1) is 0 Å². The van der Waals surface area contributed by atoms with Gasteiger partial charge in [0.1, 0.15) is 0 Å². The standard InChI is InChI=1S/C19H25N3O2S/c23-12-9-21(8-4-7-17-5-2-1-3-6-17)16-18-15-20-19(25-18)22-10-13-24-14-11-22/h1-7,15,23H,8-14,16H2. The van der Waals surface area contributed by atoms with E-state index in [9.17, 15) is 5.11 Å². The number of nitrogens with zero attached hydrogens (tertiary/aromatic N) is 3. The number of aliphatic hydroxyl groups is 1. The minimum absolute atomic E-state index is 0.161. The third-order valence-electron chi connectivity index (χ3n) is 4.09. The van der Waals surface area contributed by atoms with Gasteiger partial charge in [0.05, 0.1) is 19.8 Å². The van der Waals surface area contributed by atoms with E-state index in [1.165, 1.54) is 10.4 Å². The summed E-state index contributed by atoms with van der Waals surface area (Å²) >= 11 is 1.74. The van der Waals surface area contributed by atoms with Crippen molar-refractivity contribution < 1.29 is 9.84 Å². The Hall–Kier alpha value is -1.73. The average Bonchev–Trinajstić information content (AvgIpc) is 3.12. The van der Waals surface area contributed by atoms with Crippen LogP contribution in [0.3, 0.4) is 0 Å². The summed E-state index contributed by atoms with van der Waals surface area (Å²) in [6.45, 7) is 5.80. The Balaban J connectivity index is 1.56. The second-order valence-electron chi connectivity index (χ2n) is 5.98. The average molecular weight is 359 g/mol. The number of aliphatic hydroxyl groups excluding tert-OH is 1. The first-order chi connectivity index (χ1) is 12.3. The van der Waals surface area contributed by atoms with Gasteiger partial charge in [0.2, 0.25) is 0 Å². The van der Waals surface area contributed by atoms with Crippen molar-refractivity contribution in [3.05, 3.63) is 53.0 Å². The molecule has 0 spiro atoms. The Labute approximate surface area is 153 Å². The fourth-order valence-electron chi connectivity index (χ4n) is 2.77. The zero-order valence-electron chi connectivity index (χ0n) is 14.4. The van der Waals surface area contributed by atoms with Gasteiger partial charge in [0.25, 0.3) is 0 Å². The SMILES string of the molecule is OCCN(CC=Cc1ccccc1)Cc1cnc(N2CCOCC2)s1. The van der Waals surface area contributed by atoms with E-state index in [0.717, 1.165) is 44.5 Å². The molecule has 1 aromatic heterocycles. The number of benzene rings is 1. The van der Waals surface area contributed by atoms with Crippen LogP contribution < -0.4 is 4.90 Å². The first-order valence-corrected chi connectivity index (χ1v) is 9.49. The molecule has 0 amide bonds. The first-order valence-electron chi connectivity index (χ1n) is 8.67. The monoisotopic (exact) mass is 359 g/mol. The van der Waals surface area contributed by atoms with E-state index < -0.39 is 0 Å². The quantitative estimate of drug-likeness (QED) is 0.785. The third-order valence-corrected chi connectivity index (χ3v) is 5.14. The van der Waals surface area contributed by atoms with Crippen molar-refractivity contribution >= 4 is 22.5 Å². The van der Waals surface area contributed by atoms with Crippen LogP contribution in [0.5, 0.6) is 0 Å². The molecule has 0 unspecified atom stereocenters. The zero-order chi connectivity index (χ0) is 17.3. The summed E-state index contributed by atoms with van der Waals surface area (Å²) in [5.74, 6) is 0. The zero-order valence-corrected chi connectivity index (χ0v) is 15.2. The third kappa shape index (κ3) is 5.64. The van der Waals surface area contributed by atoms with E-state index in [1.807, 2.05) is 24.4 Å². The molecule has 0 saturated carbocycles. The Morgan fingerprint density at radius 3 is 2.80 bits per heavy atom. The van der Waals surface area contributed by atoms with Crippen molar-refractivity contribution in [2.24, 2.45) is 0 Å². The van der Waals surface area contributed by atoms with Gasteiger partial charge >= 0.3 is 0 Å². The van der Waals surface area contributed by atoms with Gasteiger partial charge in [-0.25, -0.2) is 4.98 Å². The number of thiazole rings is 1. The number of ether oxygens (including phenoxy) is 1. The van der Waals surface area contributed by atoms with Crippen LogP contribution in [0.4, 0.5) is 5.13 Å². The van der Waals surface area contributed by atoms with Crippen molar-refractivity contribution in [1.82, 2.24) is 9.88 Å². The molecule has 6 heteroatoms. The van der Waals surface area contributed by atoms with Crippen LogP contribution in [0.2, 0.25) is 0 Å². The molecule has 0 atom stereocenters. The number of morpholine rings is 1. The molecule has 1 aliphatic heterocycles. The summed E-state index contributed by atoms with van der Waals surface area (Å²) in [6.07, 6.45) is 6.23. The predicted octanol–water partition coefficient (Wildman–Crippen LogP) is 2.49. The van der Waals surface area contributed by atoms with Crippen molar-refractivity contribution in [3.63, 3.8) is 0 Å². The van der Waals surface area contributed by atoms with Gasteiger partial charge in [-0.05, 0) is 5.56 Å². The number of hydrogen-bond acceptors (Lipinski definition) is 6. The summed E-state index contributed by atoms with van der Waals surface area (Å²) in [5.41, 5.74) is 1.19. The molecule has 0 aliphatic carbocycles. The summed E-state index contributed by atoms with van der Waals surface area (Å²) in [7, 11) is 0. The highest BCUT2D eigenvalue weighted by Gasteiger charge is 2.15. The highest BCUT2D eigenvalue weighted by Crippen LogP contribution is 2.24. The molecule has 1 aliphatic rings. The lowest BCUT2D eigenvalue weighted by molar-refractivity contribution is 0.122. The van der Waals surface area contributed by atoms with Gasteiger partial charge < -0.3 is 14.7 Å². The van der Waals surface area contributed by atoms with Crippen molar-refractivity contribution in [2.75, 3.05) is 50.9 Å². The summed E-state index contributed by atoms with van der Waals surface area (Å²) in [4.78, 5) is 10.3. The molecular formula is C19H25N3O2S. The Morgan fingerprint density at radius 1 is 1.24 bits per heavy atom. The number of anilines is 1. The van der Waals surface area contributed by atoms with Crippen LogP contribution in [-0.4, -0.2) is 61.0 Å². The fraction of sp³-hybridized carbons (Fsp3) is 0.421. The highest BCUT2D eigenvalue weighted by molar-refractivity contribution is 7.15. The van der Waals surface area contributed by atoms with Crippen molar-refractivity contribution in [1.29, 1.82) is 0 Å². The lowest BCUT2D eigenvalue weighted by atomic mass is 10.2. The second-order valence-corrected chi connectivity index (χ2v) is 7.07. The number of hydrogen-bond donors (Lipinski definition) is 1. The maximum absolute atomic E-state index is 9.34. The molecule has 1 aromatic carbocycles. The summed E-state index contributed by atoms with van der Waals surface area (Å²) < 4.78 is 5.40. The van der Waals surface area contributed by atoms with Crippen LogP contribution in [0.15, 0.2) is 42.6 Å². The van der Waals surface area contributed by atoms with Crippen LogP contribution in [0.1, 0.15) is 10.4 Å². The first kappa shape index (κ1) is 18.1. The minimum Gasteiger partial charge on any atom is -0.395 e. The van der Waals surface area contributed by atoms with Crippen molar-refractivity contribution in [2.45, 2.75) is 6.54 Å². The Bertz CT molecular complexity index is 654. The topological polar surface area (TPSA) is 48.8 Å². The van der Waals surface area contributed by atoms with E-state index in [2.05, 4.69) is 39.1 Å². The Kier molecular flexibility index (Phi) is 6.99. The molecular weight excluding hydrogens is 334 g/mol. The van der Waals surface area contributed by atoms with Gasteiger partial charge in [0.15, 0.2) is 5.13 Å². The van der Waals surface area contributed by atoms with E-state index in [4.69, 9.17) is 4.74 Å². The largest absolute Gasteiger partial charge is 0.395 e. The fourth-order valence-corrected chi connectivity index (χ4v) is 3.77. The molecule has 0 bridgehead atoms. The van der Waals surface area contributed by atoms with E-state index in [1.54, 1.807) is 11.3 Å². The van der Waals surface area contributed by atoms with Gasteiger partial charge in [-0.15, -0.1) is 11.3 Å². The van der Waals surface area contributed by atoms with Gasteiger partial charge in [-0.1, -0.05) is 42.5 Å². The number of rotatable bonds is 8. The number of aromatic nitrogens is 1. The van der Waals surface area contributed by atoms with Crippen LogP contribution >= 0.6 is 11.3 Å². The minimum atomic E-state index is 0.161. The van der Waals surface area contributed by atoms with Gasteiger partial charge in [0, 0.05) is 43.8 Å². The predicted molar refractivity (Wildman–Crippen MR) is 103 cm³/mol. The van der Waals surface area contributed by atoms with E-state index in [-0.39, 0.29) is 6.61 Å². The molecule has 2 aromatic rings.